The van der Waals surface area contributed by atoms with Crippen molar-refractivity contribution in [2.45, 2.75) is 26.4 Å². The van der Waals surface area contributed by atoms with E-state index in [0.29, 0.717) is 5.52 Å². The number of nitrogens with one attached hydrogen (secondary N) is 1. The number of halogens is 1. The molecular weight excluding hydrogens is 443 g/mol. The minimum Gasteiger partial charge on any atom is -0.443 e. The molecule has 0 aliphatic heterocycles. The van der Waals surface area contributed by atoms with Crippen LogP contribution in [0, 0.1) is 5.82 Å². The third-order valence-corrected chi connectivity index (χ3v) is 5.68. The van der Waals surface area contributed by atoms with Crippen molar-refractivity contribution >= 4 is 66.5 Å². The molecule has 0 bridgehead atoms. The van der Waals surface area contributed by atoms with E-state index in [1.54, 1.807) is 20.8 Å². The molecule has 170 valence electrons. The van der Waals surface area contributed by atoms with Gasteiger partial charge >= 0.3 is 6.09 Å². The molecule has 1 amide bonds. The van der Waals surface area contributed by atoms with Crippen molar-refractivity contribution in [3.05, 3.63) is 23.5 Å². The fourth-order valence-electron chi connectivity index (χ4n) is 2.84. The highest BCUT2D eigenvalue weighted by molar-refractivity contribution is 8.14. The van der Waals surface area contributed by atoms with Crippen LogP contribution in [0.5, 0.6) is 0 Å². The third-order valence-electron chi connectivity index (χ3n) is 4.03. The van der Waals surface area contributed by atoms with E-state index < -0.39 is 37.8 Å². The highest BCUT2D eigenvalue weighted by atomic mass is 32.2. The van der Waals surface area contributed by atoms with Crippen molar-refractivity contribution < 1.29 is 22.3 Å². The molecule has 1 aromatic heterocycles. The number of aliphatic imine (C=N–C) groups is 2. The van der Waals surface area contributed by atoms with Gasteiger partial charge in [0.15, 0.2) is 0 Å². The van der Waals surface area contributed by atoms with Crippen molar-refractivity contribution in [3.63, 3.8) is 0 Å². The Hall–Kier alpha value is -2.53. The van der Waals surface area contributed by atoms with Crippen molar-refractivity contribution in [2.24, 2.45) is 9.98 Å². The van der Waals surface area contributed by atoms with Crippen LogP contribution < -0.4 is 4.90 Å². The number of aromatic amines is 1. The first-order valence-corrected chi connectivity index (χ1v) is 13.0. The number of anilines is 1. The molecule has 0 aliphatic carbocycles. The van der Waals surface area contributed by atoms with Crippen LogP contribution in [-0.4, -0.2) is 68.2 Å². The molecule has 8 nitrogen and oxygen atoms in total. The first-order chi connectivity index (χ1) is 14.2. The third kappa shape index (κ3) is 5.79. The van der Waals surface area contributed by atoms with Crippen molar-refractivity contribution in [2.75, 3.05) is 30.3 Å². The van der Waals surface area contributed by atoms with Gasteiger partial charge in [-0.2, -0.15) is 0 Å². The second-order valence-corrected chi connectivity index (χ2v) is 11.9. The quantitative estimate of drug-likeness (QED) is 0.411. The van der Waals surface area contributed by atoms with Crippen LogP contribution in [0.4, 0.5) is 20.7 Å². The van der Waals surface area contributed by atoms with E-state index in [-0.39, 0.29) is 33.4 Å². The van der Waals surface area contributed by atoms with E-state index in [4.69, 9.17) is 4.74 Å². The summed E-state index contributed by atoms with van der Waals surface area (Å²) in [5.74, 6) is 3.11. The Morgan fingerprint density at radius 2 is 2.00 bits per heavy atom. The number of carbonyl (C=O) groups is 1. The number of rotatable bonds is 5. The number of carbonyl (C=O) groups excluding carboxylic acids is 1. The van der Waals surface area contributed by atoms with Gasteiger partial charge in [-0.3, -0.25) is 18.3 Å². The lowest BCUT2D eigenvalue weighted by Gasteiger charge is -2.25. The predicted molar refractivity (Wildman–Crippen MR) is 129 cm³/mol. The average molecular weight is 471 g/mol. The summed E-state index contributed by atoms with van der Waals surface area (Å²) in [5.41, 5.74) is 0.0203. The van der Waals surface area contributed by atoms with E-state index in [1.165, 1.54) is 31.7 Å². The second kappa shape index (κ2) is 8.91. The first-order valence-electron chi connectivity index (χ1n) is 9.11. The Kier molecular flexibility index (Phi) is 7.11. The van der Waals surface area contributed by atoms with E-state index in [0.717, 1.165) is 4.90 Å². The van der Waals surface area contributed by atoms with Crippen LogP contribution >= 0.6 is 0 Å². The van der Waals surface area contributed by atoms with Crippen molar-refractivity contribution in [1.29, 1.82) is 0 Å². The highest BCUT2D eigenvalue weighted by Crippen LogP contribution is 2.36. The molecule has 2 aromatic rings. The lowest BCUT2D eigenvalue weighted by atomic mass is 10.1. The van der Waals surface area contributed by atoms with Gasteiger partial charge < -0.3 is 9.72 Å². The molecule has 31 heavy (non-hydrogen) atoms. The summed E-state index contributed by atoms with van der Waals surface area (Å²) in [6, 6.07) is 2.39. The number of hydrogen-bond donors (Lipinski definition) is 1. The zero-order valence-corrected chi connectivity index (χ0v) is 20.1. The summed E-state index contributed by atoms with van der Waals surface area (Å²) in [5, 5.41) is 0.319. The largest absolute Gasteiger partial charge is 0.443 e. The Morgan fingerprint density at radius 1 is 1.39 bits per heavy atom. The van der Waals surface area contributed by atoms with Gasteiger partial charge in [-0.1, -0.05) is 0 Å². The predicted octanol–water partition coefficient (Wildman–Crippen LogP) is 3.44. The molecule has 11 heteroatoms. The zero-order valence-electron chi connectivity index (χ0n) is 18.4. The molecular formula is C20H27FN4O4S2. The maximum atomic E-state index is 14.6. The van der Waals surface area contributed by atoms with Crippen LogP contribution in [0.15, 0.2) is 22.1 Å². The van der Waals surface area contributed by atoms with E-state index in [2.05, 4.69) is 27.6 Å². The SMILES string of the molecule is C=Nc1[nH]c2c(N(C)C(=O)OC(C)(C)C)cc(F)cc2c1/C(=N\CS(C)=O)S(=C)(C)=O. The first kappa shape index (κ1) is 24.7. The molecule has 1 N–H and O–H groups in total. The summed E-state index contributed by atoms with van der Waals surface area (Å²) in [6.45, 7) is 8.68. The maximum Gasteiger partial charge on any atom is 0.414 e. The smallest absolute Gasteiger partial charge is 0.414 e. The lowest BCUT2D eigenvalue weighted by molar-refractivity contribution is 0.0589. The zero-order chi connectivity index (χ0) is 23.7. The Morgan fingerprint density at radius 3 is 2.48 bits per heavy atom. The number of hydrogen-bond acceptors (Lipinski definition) is 6. The molecule has 0 radical (unpaired) electrons. The summed E-state index contributed by atoms with van der Waals surface area (Å²) < 4.78 is 44.4. The number of fused-ring (bicyclic) bond motifs is 1. The molecule has 0 saturated heterocycles. The molecule has 0 aliphatic rings. The second-order valence-electron chi connectivity index (χ2n) is 8.06. The van der Waals surface area contributed by atoms with Crippen LogP contribution in [0.25, 0.3) is 10.9 Å². The molecule has 2 rings (SSSR count). The molecule has 0 fully saturated rings. The number of nitrogens with zero attached hydrogens (tertiary/aromatic N) is 3. The fourth-order valence-corrected chi connectivity index (χ4v) is 4.21. The topological polar surface area (TPSA) is 104 Å². The van der Waals surface area contributed by atoms with Gasteiger partial charge in [0.05, 0.1) is 16.8 Å². The minimum atomic E-state index is -2.91. The number of ether oxygens (including phenoxy) is 1. The molecule has 1 heterocycles. The van der Waals surface area contributed by atoms with Gasteiger partial charge in [0, 0.05) is 45.3 Å². The van der Waals surface area contributed by atoms with Crippen LogP contribution in [-0.2, 0) is 25.1 Å². The van der Waals surface area contributed by atoms with E-state index in [1.807, 2.05) is 0 Å². The average Bonchev–Trinajstić information content (AvgIpc) is 2.96. The van der Waals surface area contributed by atoms with Crippen LogP contribution in [0.2, 0.25) is 0 Å². The molecule has 0 saturated carbocycles. The summed E-state index contributed by atoms with van der Waals surface area (Å²) in [4.78, 5) is 24.9. The lowest BCUT2D eigenvalue weighted by Crippen LogP contribution is -2.34. The van der Waals surface area contributed by atoms with Gasteiger partial charge in [0.1, 0.15) is 28.2 Å². The van der Waals surface area contributed by atoms with Gasteiger partial charge in [-0.15, -0.1) is 0 Å². The molecule has 2 atom stereocenters. The van der Waals surface area contributed by atoms with Crippen molar-refractivity contribution in [1.82, 2.24) is 4.98 Å². The van der Waals surface area contributed by atoms with Crippen LogP contribution in [0.3, 0.4) is 0 Å². The summed E-state index contributed by atoms with van der Waals surface area (Å²) in [7, 11) is -2.76. The number of benzene rings is 1. The number of aromatic nitrogens is 1. The molecule has 1 aromatic carbocycles. The normalized spacial score (nSPS) is 15.4. The van der Waals surface area contributed by atoms with E-state index >= 15 is 0 Å². The monoisotopic (exact) mass is 470 g/mol. The highest BCUT2D eigenvalue weighted by Gasteiger charge is 2.27. The Bertz CT molecular complexity index is 1190. The summed E-state index contributed by atoms with van der Waals surface area (Å²) >= 11 is 0. The Labute approximate surface area is 184 Å². The van der Waals surface area contributed by atoms with E-state index in [9.17, 15) is 17.6 Å². The number of amides is 1. The maximum absolute atomic E-state index is 14.6. The summed E-state index contributed by atoms with van der Waals surface area (Å²) in [6.07, 6.45) is 2.15. The van der Waals surface area contributed by atoms with Gasteiger partial charge in [0.2, 0.25) is 0 Å². The van der Waals surface area contributed by atoms with Crippen LogP contribution in [0.1, 0.15) is 26.3 Å². The fraction of sp³-hybridized carbons (Fsp3) is 0.400. The van der Waals surface area contributed by atoms with Crippen molar-refractivity contribution in [3.8, 4) is 0 Å². The van der Waals surface area contributed by atoms with Gasteiger partial charge in [-0.05, 0) is 45.5 Å². The molecule has 0 spiro atoms. The minimum absolute atomic E-state index is 0.0350. The standard InChI is InChI=1S/C20H27FN4O4S2/c1-20(2,3)29-19(26)25(5)14-10-12(21)9-13-15(17(22-4)24-16(13)14)18(31(7,8)28)23-11-30(6)27/h9-10,24H,4,7,11H2,1-3,5-6,8H3/b23-18+. The number of H-pyrrole nitrogens is 1. The molecule has 2 unspecified atom stereocenters. The van der Waals surface area contributed by atoms with Gasteiger partial charge in [0.25, 0.3) is 0 Å². The Balaban J connectivity index is 2.82. The van der Waals surface area contributed by atoms with Gasteiger partial charge in [-0.25, -0.2) is 14.2 Å².